The van der Waals surface area contributed by atoms with Crippen molar-refractivity contribution in [2.45, 2.75) is 26.2 Å². The van der Waals surface area contributed by atoms with Gasteiger partial charge in [0.15, 0.2) is 0 Å². The van der Waals surface area contributed by atoms with E-state index in [9.17, 15) is 0 Å². The largest absolute Gasteiger partial charge is 0.498 e. The van der Waals surface area contributed by atoms with Crippen molar-refractivity contribution in [2.24, 2.45) is 0 Å². The van der Waals surface area contributed by atoms with Crippen LogP contribution in [0, 0.1) is 0 Å². The number of nitrogens with one attached hydrogen (secondary N) is 1. The number of pyridine rings is 1. The van der Waals surface area contributed by atoms with Crippen molar-refractivity contribution in [2.75, 3.05) is 18.5 Å². The summed E-state index contributed by atoms with van der Waals surface area (Å²) in [5, 5.41) is 3.33. The van der Waals surface area contributed by atoms with Gasteiger partial charge in [-0.3, -0.25) is 0 Å². The lowest BCUT2D eigenvalue weighted by atomic mass is 9.95. The minimum atomic E-state index is 0.745. The first-order valence-electron chi connectivity index (χ1n) is 6.64. The van der Waals surface area contributed by atoms with Gasteiger partial charge in [-0.1, -0.05) is 6.08 Å². The highest BCUT2D eigenvalue weighted by molar-refractivity contribution is 5.80. The Hall–Kier alpha value is -1.77. The van der Waals surface area contributed by atoms with Gasteiger partial charge < -0.3 is 10.1 Å². The number of anilines is 1. The van der Waals surface area contributed by atoms with Crippen LogP contribution in [-0.2, 0) is 11.2 Å². The van der Waals surface area contributed by atoms with E-state index in [0.29, 0.717) is 0 Å². The van der Waals surface area contributed by atoms with E-state index >= 15 is 0 Å². The van der Waals surface area contributed by atoms with Crippen molar-refractivity contribution in [3.63, 3.8) is 0 Å². The molecular weight excluding hydrogens is 224 g/mol. The number of aromatic nitrogens is 1. The van der Waals surface area contributed by atoms with E-state index in [2.05, 4.69) is 28.5 Å². The number of ether oxygens (including phenoxy) is 1. The number of nitrogens with zero attached hydrogens (tertiary/aromatic N) is 1. The van der Waals surface area contributed by atoms with Gasteiger partial charge in [0.2, 0.25) is 0 Å². The molecule has 2 heterocycles. The predicted molar refractivity (Wildman–Crippen MR) is 73.4 cm³/mol. The van der Waals surface area contributed by atoms with Crippen molar-refractivity contribution in [3.8, 4) is 0 Å². The first-order valence-corrected chi connectivity index (χ1v) is 6.64. The summed E-state index contributed by atoms with van der Waals surface area (Å²) in [6.07, 6.45) is 9.51. The second-order valence-electron chi connectivity index (χ2n) is 4.60. The highest BCUT2D eigenvalue weighted by atomic mass is 16.5. The Morgan fingerprint density at radius 1 is 1.39 bits per heavy atom. The van der Waals surface area contributed by atoms with Gasteiger partial charge in [-0.15, -0.1) is 0 Å². The topological polar surface area (TPSA) is 34.1 Å². The number of hydrogen-bond acceptors (Lipinski definition) is 3. The van der Waals surface area contributed by atoms with Crippen molar-refractivity contribution < 1.29 is 4.74 Å². The van der Waals surface area contributed by atoms with Crippen LogP contribution in [0.4, 0.5) is 5.82 Å². The molecule has 1 aromatic heterocycles. The fourth-order valence-corrected chi connectivity index (χ4v) is 2.64. The monoisotopic (exact) mass is 242 g/mol. The molecule has 2 aliphatic rings. The van der Waals surface area contributed by atoms with E-state index in [1.165, 1.54) is 16.7 Å². The molecule has 0 bridgehead atoms. The summed E-state index contributed by atoms with van der Waals surface area (Å²) in [5.41, 5.74) is 3.94. The molecule has 18 heavy (non-hydrogen) atoms. The van der Waals surface area contributed by atoms with Gasteiger partial charge in [-0.05, 0) is 43.0 Å². The standard InChI is InChI=1S/C15H18N2O/c1-2-18-12-5-3-4-11(10-12)13-6-8-16-15-14(13)7-9-17-15/h4,6,8,10H,2-3,5,7,9H2,1H3,(H,16,17). The molecule has 0 saturated carbocycles. The van der Waals surface area contributed by atoms with Gasteiger partial charge in [-0.25, -0.2) is 4.98 Å². The highest BCUT2D eigenvalue weighted by Gasteiger charge is 2.18. The van der Waals surface area contributed by atoms with Gasteiger partial charge in [0.25, 0.3) is 0 Å². The average Bonchev–Trinajstić information content (AvgIpc) is 2.87. The minimum Gasteiger partial charge on any atom is -0.498 e. The molecule has 1 aromatic rings. The van der Waals surface area contributed by atoms with Crippen molar-refractivity contribution in [3.05, 3.63) is 41.3 Å². The lowest BCUT2D eigenvalue weighted by Gasteiger charge is -2.16. The molecule has 0 radical (unpaired) electrons. The molecule has 0 unspecified atom stereocenters. The Kier molecular flexibility index (Phi) is 3.05. The zero-order valence-corrected chi connectivity index (χ0v) is 10.7. The van der Waals surface area contributed by atoms with E-state index in [-0.39, 0.29) is 0 Å². The molecule has 1 N–H and O–H groups in total. The Balaban J connectivity index is 1.96. The summed E-state index contributed by atoms with van der Waals surface area (Å²) in [5.74, 6) is 2.15. The molecule has 0 atom stereocenters. The second-order valence-corrected chi connectivity index (χ2v) is 4.60. The van der Waals surface area contributed by atoms with E-state index in [0.717, 1.165) is 44.0 Å². The van der Waals surface area contributed by atoms with Crippen molar-refractivity contribution >= 4 is 11.4 Å². The highest BCUT2D eigenvalue weighted by Crippen LogP contribution is 2.32. The maximum absolute atomic E-state index is 5.64. The summed E-state index contributed by atoms with van der Waals surface area (Å²) in [4.78, 5) is 4.38. The number of allylic oxidation sites excluding steroid dienone is 4. The van der Waals surface area contributed by atoms with Gasteiger partial charge in [0.05, 0.1) is 12.4 Å². The van der Waals surface area contributed by atoms with Crippen molar-refractivity contribution in [1.82, 2.24) is 4.98 Å². The van der Waals surface area contributed by atoms with Gasteiger partial charge in [-0.2, -0.15) is 0 Å². The minimum absolute atomic E-state index is 0.745. The smallest absolute Gasteiger partial charge is 0.129 e. The predicted octanol–water partition coefficient (Wildman–Crippen LogP) is 3.15. The van der Waals surface area contributed by atoms with E-state index < -0.39 is 0 Å². The molecule has 3 nitrogen and oxygen atoms in total. The molecule has 0 aromatic carbocycles. The van der Waals surface area contributed by atoms with Crippen LogP contribution in [0.5, 0.6) is 0 Å². The van der Waals surface area contributed by atoms with E-state index in [4.69, 9.17) is 4.74 Å². The Morgan fingerprint density at radius 3 is 3.22 bits per heavy atom. The molecular formula is C15H18N2O. The lowest BCUT2D eigenvalue weighted by Crippen LogP contribution is -1.99. The van der Waals surface area contributed by atoms with Crippen LogP contribution in [0.1, 0.15) is 30.9 Å². The molecule has 1 aliphatic heterocycles. The summed E-state index contributed by atoms with van der Waals surface area (Å²) >= 11 is 0. The molecule has 3 rings (SSSR count). The molecule has 94 valence electrons. The van der Waals surface area contributed by atoms with Crippen LogP contribution < -0.4 is 5.32 Å². The Bertz CT molecular complexity index is 517. The zero-order chi connectivity index (χ0) is 12.4. The molecule has 0 fully saturated rings. The van der Waals surface area contributed by atoms with Crippen LogP contribution in [0.3, 0.4) is 0 Å². The maximum atomic E-state index is 5.64. The number of rotatable bonds is 3. The third-order valence-corrected chi connectivity index (χ3v) is 3.44. The SMILES string of the molecule is CCOC1=CC(c2ccnc3c2CCN3)=CCC1. The zero-order valence-electron chi connectivity index (χ0n) is 10.7. The average molecular weight is 242 g/mol. The maximum Gasteiger partial charge on any atom is 0.129 e. The first kappa shape index (κ1) is 11.3. The summed E-state index contributed by atoms with van der Waals surface area (Å²) in [6.45, 7) is 3.77. The van der Waals surface area contributed by atoms with Gasteiger partial charge in [0.1, 0.15) is 5.82 Å². The van der Waals surface area contributed by atoms with Crippen LogP contribution >= 0.6 is 0 Å². The van der Waals surface area contributed by atoms with E-state index in [1.54, 1.807) is 0 Å². The van der Waals surface area contributed by atoms with Crippen molar-refractivity contribution in [1.29, 1.82) is 0 Å². The van der Waals surface area contributed by atoms with E-state index in [1.807, 2.05) is 13.1 Å². The van der Waals surface area contributed by atoms with Gasteiger partial charge in [0, 0.05) is 24.7 Å². The van der Waals surface area contributed by atoms with Crippen LogP contribution in [0.25, 0.3) is 5.57 Å². The number of fused-ring (bicyclic) bond motifs is 1. The molecule has 3 heteroatoms. The summed E-state index contributed by atoms with van der Waals surface area (Å²) in [7, 11) is 0. The van der Waals surface area contributed by atoms with Crippen LogP contribution in [0.2, 0.25) is 0 Å². The van der Waals surface area contributed by atoms with Gasteiger partial charge >= 0.3 is 0 Å². The molecule has 1 aliphatic carbocycles. The molecule has 0 amide bonds. The second kappa shape index (κ2) is 4.84. The Labute approximate surface area is 108 Å². The summed E-state index contributed by atoms with van der Waals surface area (Å²) in [6, 6.07) is 2.11. The third kappa shape index (κ3) is 2.01. The van der Waals surface area contributed by atoms with Crippen LogP contribution in [0.15, 0.2) is 30.2 Å². The van der Waals surface area contributed by atoms with Crippen LogP contribution in [-0.4, -0.2) is 18.1 Å². The normalized spacial score (nSPS) is 17.6. The summed E-state index contributed by atoms with van der Waals surface area (Å²) < 4.78 is 5.64. The molecule has 0 saturated heterocycles. The Morgan fingerprint density at radius 2 is 2.33 bits per heavy atom. The number of hydrogen-bond donors (Lipinski definition) is 1. The lowest BCUT2D eigenvalue weighted by molar-refractivity contribution is 0.218. The fourth-order valence-electron chi connectivity index (χ4n) is 2.64. The quantitative estimate of drug-likeness (QED) is 0.884. The fraction of sp³-hybridized carbons (Fsp3) is 0.400. The molecule has 0 spiro atoms. The first-order chi connectivity index (χ1) is 8.88. The third-order valence-electron chi connectivity index (χ3n) is 3.44.